The van der Waals surface area contributed by atoms with Gasteiger partial charge < -0.3 is 15.5 Å². The van der Waals surface area contributed by atoms with Crippen molar-refractivity contribution >= 4 is 11.6 Å². The summed E-state index contributed by atoms with van der Waals surface area (Å²) in [4.78, 5) is 18.3. The van der Waals surface area contributed by atoms with Crippen LogP contribution in [0.25, 0.3) is 0 Å². The van der Waals surface area contributed by atoms with E-state index in [0.717, 1.165) is 12.2 Å². The Labute approximate surface area is 133 Å². The van der Waals surface area contributed by atoms with Gasteiger partial charge in [-0.3, -0.25) is 4.79 Å². The van der Waals surface area contributed by atoms with Gasteiger partial charge in [0.05, 0.1) is 11.9 Å². The molecular formula is C17H28N4O. The molecule has 2 N–H and O–H groups in total. The summed E-state index contributed by atoms with van der Waals surface area (Å²) >= 11 is 0. The molecule has 0 unspecified atom stereocenters. The fourth-order valence-corrected chi connectivity index (χ4v) is 2.76. The summed E-state index contributed by atoms with van der Waals surface area (Å²) in [5, 5.41) is 6.42. The van der Waals surface area contributed by atoms with Crippen LogP contribution in [-0.2, 0) is 0 Å². The normalized spacial score (nSPS) is 16.3. The van der Waals surface area contributed by atoms with Crippen molar-refractivity contribution in [2.45, 2.75) is 44.6 Å². The minimum Gasteiger partial charge on any atom is -0.381 e. The largest absolute Gasteiger partial charge is 0.381 e. The van der Waals surface area contributed by atoms with Gasteiger partial charge in [0, 0.05) is 19.1 Å². The van der Waals surface area contributed by atoms with E-state index in [1.807, 2.05) is 25.1 Å². The summed E-state index contributed by atoms with van der Waals surface area (Å²) < 4.78 is 0. The topological polar surface area (TPSA) is 57.3 Å². The van der Waals surface area contributed by atoms with Crippen molar-refractivity contribution in [3.63, 3.8) is 0 Å². The van der Waals surface area contributed by atoms with E-state index in [9.17, 15) is 4.79 Å². The highest BCUT2D eigenvalue weighted by atomic mass is 16.1. The molecule has 1 amide bonds. The van der Waals surface area contributed by atoms with Gasteiger partial charge in [0.25, 0.3) is 5.91 Å². The Kier molecular flexibility index (Phi) is 6.65. The van der Waals surface area contributed by atoms with Crippen LogP contribution < -0.4 is 10.6 Å². The Bertz CT molecular complexity index is 450. The highest BCUT2D eigenvalue weighted by Crippen LogP contribution is 2.20. The van der Waals surface area contributed by atoms with Crippen LogP contribution in [-0.4, -0.2) is 49.0 Å². The van der Waals surface area contributed by atoms with Crippen molar-refractivity contribution in [2.24, 2.45) is 0 Å². The molecule has 0 aromatic carbocycles. The number of amides is 1. The molecule has 5 heteroatoms. The molecule has 0 bridgehead atoms. The second-order valence-electron chi connectivity index (χ2n) is 6.32. The number of rotatable bonds is 6. The van der Waals surface area contributed by atoms with Gasteiger partial charge in [-0.25, -0.2) is 4.98 Å². The van der Waals surface area contributed by atoms with Crippen LogP contribution in [0.4, 0.5) is 5.69 Å². The standard InChI is InChI=1S/C17H28N4O/c1-21(2)12-11-18-17(22)16-10-9-15(13-19-16)20-14-7-5-3-4-6-8-14/h9-10,13-14,20H,3-8,11-12H2,1-2H3,(H,18,22). The molecule has 1 saturated carbocycles. The number of pyridine rings is 1. The molecule has 0 atom stereocenters. The summed E-state index contributed by atoms with van der Waals surface area (Å²) in [6, 6.07) is 4.30. The molecule has 1 heterocycles. The minimum atomic E-state index is -0.108. The number of carbonyl (C=O) groups is 1. The Morgan fingerprint density at radius 1 is 1.23 bits per heavy atom. The Hall–Kier alpha value is -1.62. The number of likely N-dealkylation sites (N-methyl/N-ethyl adjacent to an activating group) is 1. The fourth-order valence-electron chi connectivity index (χ4n) is 2.76. The molecule has 0 aliphatic heterocycles. The molecule has 1 fully saturated rings. The molecule has 5 nitrogen and oxygen atoms in total. The number of nitrogens with one attached hydrogen (secondary N) is 2. The van der Waals surface area contributed by atoms with E-state index < -0.39 is 0 Å². The lowest BCUT2D eigenvalue weighted by Crippen LogP contribution is -2.31. The van der Waals surface area contributed by atoms with Gasteiger partial charge in [-0.05, 0) is 39.1 Å². The van der Waals surface area contributed by atoms with E-state index in [-0.39, 0.29) is 5.91 Å². The summed E-state index contributed by atoms with van der Waals surface area (Å²) in [7, 11) is 3.97. The van der Waals surface area contributed by atoms with Crippen molar-refractivity contribution in [1.82, 2.24) is 15.2 Å². The van der Waals surface area contributed by atoms with Gasteiger partial charge in [0.1, 0.15) is 5.69 Å². The van der Waals surface area contributed by atoms with Crippen molar-refractivity contribution < 1.29 is 4.79 Å². The van der Waals surface area contributed by atoms with E-state index in [4.69, 9.17) is 0 Å². The van der Waals surface area contributed by atoms with Crippen molar-refractivity contribution in [3.05, 3.63) is 24.0 Å². The average molecular weight is 304 g/mol. The first-order valence-corrected chi connectivity index (χ1v) is 8.30. The van der Waals surface area contributed by atoms with Crippen LogP contribution in [0.2, 0.25) is 0 Å². The van der Waals surface area contributed by atoms with Gasteiger partial charge in [0.15, 0.2) is 0 Å². The highest BCUT2D eigenvalue weighted by Gasteiger charge is 2.12. The van der Waals surface area contributed by atoms with Crippen LogP contribution in [0, 0.1) is 0 Å². The van der Waals surface area contributed by atoms with E-state index in [2.05, 4.69) is 15.6 Å². The second-order valence-corrected chi connectivity index (χ2v) is 6.32. The lowest BCUT2D eigenvalue weighted by molar-refractivity contribution is 0.0946. The smallest absolute Gasteiger partial charge is 0.269 e. The molecular weight excluding hydrogens is 276 g/mol. The third-order valence-corrected chi connectivity index (χ3v) is 4.07. The molecule has 0 saturated heterocycles. The molecule has 1 aromatic rings. The van der Waals surface area contributed by atoms with Crippen molar-refractivity contribution in [2.75, 3.05) is 32.5 Å². The van der Waals surface area contributed by atoms with E-state index in [0.29, 0.717) is 18.3 Å². The first-order chi connectivity index (χ1) is 10.6. The van der Waals surface area contributed by atoms with Crippen LogP contribution in [0.5, 0.6) is 0 Å². The molecule has 2 rings (SSSR count). The summed E-state index contributed by atoms with van der Waals surface area (Å²) in [5.41, 5.74) is 1.49. The second kappa shape index (κ2) is 8.73. The molecule has 122 valence electrons. The van der Waals surface area contributed by atoms with Gasteiger partial charge >= 0.3 is 0 Å². The number of hydrogen-bond acceptors (Lipinski definition) is 4. The third kappa shape index (κ3) is 5.64. The third-order valence-electron chi connectivity index (χ3n) is 4.07. The monoisotopic (exact) mass is 304 g/mol. The lowest BCUT2D eigenvalue weighted by Gasteiger charge is -2.17. The molecule has 22 heavy (non-hydrogen) atoms. The minimum absolute atomic E-state index is 0.108. The Morgan fingerprint density at radius 2 is 1.95 bits per heavy atom. The fraction of sp³-hybridized carbons (Fsp3) is 0.647. The predicted molar refractivity (Wildman–Crippen MR) is 90.2 cm³/mol. The van der Waals surface area contributed by atoms with Crippen LogP contribution in [0.3, 0.4) is 0 Å². The van der Waals surface area contributed by atoms with E-state index in [1.54, 1.807) is 12.3 Å². The number of aromatic nitrogens is 1. The molecule has 0 spiro atoms. The zero-order chi connectivity index (χ0) is 15.8. The Morgan fingerprint density at radius 3 is 2.55 bits per heavy atom. The molecule has 1 aliphatic carbocycles. The zero-order valence-corrected chi connectivity index (χ0v) is 13.8. The maximum atomic E-state index is 12.0. The molecule has 0 radical (unpaired) electrons. The van der Waals surface area contributed by atoms with Crippen LogP contribution >= 0.6 is 0 Å². The van der Waals surface area contributed by atoms with Gasteiger partial charge in [-0.15, -0.1) is 0 Å². The van der Waals surface area contributed by atoms with E-state index in [1.165, 1.54) is 38.5 Å². The number of nitrogens with zero attached hydrogens (tertiary/aromatic N) is 2. The zero-order valence-electron chi connectivity index (χ0n) is 13.8. The van der Waals surface area contributed by atoms with Gasteiger partial charge in [-0.2, -0.15) is 0 Å². The number of carbonyl (C=O) groups excluding carboxylic acids is 1. The van der Waals surface area contributed by atoms with E-state index >= 15 is 0 Å². The van der Waals surface area contributed by atoms with Crippen LogP contribution in [0.1, 0.15) is 49.0 Å². The maximum Gasteiger partial charge on any atom is 0.269 e. The van der Waals surface area contributed by atoms with Gasteiger partial charge in [0.2, 0.25) is 0 Å². The summed E-state index contributed by atoms with van der Waals surface area (Å²) in [6.45, 7) is 1.46. The maximum absolute atomic E-state index is 12.0. The number of anilines is 1. The number of hydrogen-bond donors (Lipinski definition) is 2. The predicted octanol–water partition coefficient (Wildman–Crippen LogP) is 2.51. The molecule has 1 aliphatic rings. The van der Waals surface area contributed by atoms with Crippen molar-refractivity contribution in [1.29, 1.82) is 0 Å². The first-order valence-electron chi connectivity index (χ1n) is 8.30. The summed E-state index contributed by atoms with van der Waals surface area (Å²) in [5.74, 6) is -0.108. The molecule has 1 aromatic heterocycles. The Balaban J connectivity index is 1.82. The average Bonchev–Trinajstić information content (AvgIpc) is 2.76. The quantitative estimate of drug-likeness (QED) is 0.793. The highest BCUT2D eigenvalue weighted by molar-refractivity contribution is 5.92. The first kappa shape index (κ1) is 16.7. The summed E-state index contributed by atoms with van der Waals surface area (Å²) in [6.07, 6.45) is 9.53. The van der Waals surface area contributed by atoms with Gasteiger partial charge in [-0.1, -0.05) is 25.7 Å². The van der Waals surface area contributed by atoms with Crippen molar-refractivity contribution in [3.8, 4) is 0 Å². The van der Waals surface area contributed by atoms with Crippen LogP contribution in [0.15, 0.2) is 18.3 Å². The lowest BCUT2D eigenvalue weighted by atomic mass is 10.1. The SMILES string of the molecule is CN(C)CCNC(=O)c1ccc(NC2CCCCCC2)cn1.